The summed E-state index contributed by atoms with van der Waals surface area (Å²) in [6.07, 6.45) is 4.74. The van der Waals surface area contributed by atoms with Crippen molar-refractivity contribution in [3.05, 3.63) is 0 Å². The maximum atomic E-state index is 12.2. The third-order valence-corrected chi connectivity index (χ3v) is 4.92. The summed E-state index contributed by atoms with van der Waals surface area (Å²) in [7, 11) is 1.53. The van der Waals surface area contributed by atoms with Crippen LogP contribution >= 0.6 is 0 Å². The Labute approximate surface area is 125 Å². The molecule has 3 aliphatic rings. The van der Waals surface area contributed by atoms with E-state index < -0.39 is 0 Å². The summed E-state index contributed by atoms with van der Waals surface area (Å²) in [5, 5.41) is 3.06. The number of hydrogen-bond acceptors (Lipinski definition) is 4. The van der Waals surface area contributed by atoms with Gasteiger partial charge in [0, 0.05) is 26.2 Å². The van der Waals surface area contributed by atoms with Gasteiger partial charge >= 0.3 is 0 Å². The quantitative estimate of drug-likeness (QED) is 0.810. The molecule has 21 heavy (non-hydrogen) atoms. The number of methoxy groups -OCH3 is 1. The van der Waals surface area contributed by atoms with E-state index in [1.807, 2.05) is 0 Å². The molecule has 6 heteroatoms. The molecular weight excluding hydrogens is 272 g/mol. The number of hydrogen-bond donors (Lipinski definition) is 1. The molecule has 2 amide bonds. The molecule has 6 nitrogen and oxygen atoms in total. The fraction of sp³-hybridized carbons (Fsp3) is 0.867. The van der Waals surface area contributed by atoms with Crippen LogP contribution in [0.4, 0.5) is 0 Å². The van der Waals surface area contributed by atoms with Crippen LogP contribution in [0.1, 0.15) is 32.1 Å². The largest absolute Gasteiger partial charge is 0.375 e. The topological polar surface area (TPSA) is 67.9 Å². The van der Waals surface area contributed by atoms with Crippen LogP contribution in [0.3, 0.4) is 0 Å². The van der Waals surface area contributed by atoms with Crippen LogP contribution in [-0.4, -0.2) is 61.8 Å². The zero-order valence-electron chi connectivity index (χ0n) is 12.5. The van der Waals surface area contributed by atoms with Gasteiger partial charge in [0.05, 0.1) is 6.10 Å². The predicted octanol–water partition coefficient (Wildman–Crippen LogP) is 0.308. The van der Waals surface area contributed by atoms with Gasteiger partial charge in [-0.3, -0.25) is 9.59 Å². The Balaban J connectivity index is 1.51. The zero-order chi connectivity index (χ0) is 14.8. The Kier molecular flexibility index (Phi) is 4.45. The van der Waals surface area contributed by atoms with Gasteiger partial charge in [-0.2, -0.15) is 0 Å². The van der Waals surface area contributed by atoms with Crippen molar-refractivity contribution in [2.24, 2.45) is 5.92 Å². The smallest absolute Gasteiger partial charge is 0.249 e. The lowest BCUT2D eigenvalue weighted by atomic mass is 9.90. The first-order valence-corrected chi connectivity index (χ1v) is 7.90. The third kappa shape index (κ3) is 3.21. The second-order valence-electron chi connectivity index (χ2n) is 6.36. The summed E-state index contributed by atoms with van der Waals surface area (Å²) in [5.74, 6) is 0.430. The van der Waals surface area contributed by atoms with Crippen molar-refractivity contribution >= 4 is 11.8 Å². The molecule has 2 saturated heterocycles. The van der Waals surface area contributed by atoms with Crippen molar-refractivity contribution in [1.82, 2.24) is 10.2 Å². The predicted molar refractivity (Wildman–Crippen MR) is 75.6 cm³/mol. The van der Waals surface area contributed by atoms with E-state index in [4.69, 9.17) is 9.47 Å². The van der Waals surface area contributed by atoms with Gasteiger partial charge in [-0.25, -0.2) is 0 Å². The summed E-state index contributed by atoms with van der Waals surface area (Å²) in [5.41, 5.74) is 0. The number of ether oxygens (including phenoxy) is 2. The molecule has 0 aromatic rings. The van der Waals surface area contributed by atoms with Crippen LogP contribution in [0.2, 0.25) is 0 Å². The van der Waals surface area contributed by atoms with Gasteiger partial charge in [-0.1, -0.05) is 0 Å². The molecule has 0 unspecified atom stereocenters. The van der Waals surface area contributed by atoms with E-state index in [1.54, 1.807) is 4.90 Å². The van der Waals surface area contributed by atoms with Crippen molar-refractivity contribution in [2.75, 3.05) is 26.8 Å². The highest BCUT2D eigenvalue weighted by Gasteiger charge is 2.43. The summed E-state index contributed by atoms with van der Waals surface area (Å²) >= 11 is 0. The highest BCUT2D eigenvalue weighted by Crippen LogP contribution is 2.33. The Hall–Kier alpha value is -1.14. The zero-order valence-corrected chi connectivity index (χ0v) is 12.5. The number of rotatable bonds is 4. The summed E-state index contributed by atoms with van der Waals surface area (Å²) in [6, 6.07) is 0.350. The molecule has 0 aromatic heterocycles. The lowest BCUT2D eigenvalue weighted by Crippen LogP contribution is -2.47. The molecule has 0 radical (unpaired) electrons. The average Bonchev–Trinajstić information content (AvgIpc) is 2.85. The number of fused-ring (bicyclic) bond motifs is 1. The number of amides is 2. The first-order chi connectivity index (χ1) is 10.2. The van der Waals surface area contributed by atoms with Gasteiger partial charge in [-0.05, 0) is 38.0 Å². The minimum Gasteiger partial charge on any atom is -0.375 e. The van der Waals surface area contributed by atoms with Crippen LogP contribution in [0.5, 0.6) is 0 Å². The molecular formula is C15H24N2O4. The molecule has 3 fully saturated rings. The van der Waals surface area contributed by atoms with E-state index >= 15 is 0 Å². The van der Waals surface area contributed by atoms with Gasteiger partial charge < -0.3 is 19.7 Å². The molecule has 1 N–H and O–H groups in total. The number of piperidine rings is 1. The summed E-state index contributed by atoms with van der Waals surface area (Å²) in [4.78, 5) is 25.8. The first-order valence-electron chi connectivity index (χ1n) is 7.90. The second-order valence-corrected chi connectivity index (χ2v) is 6.36. The first kappa shape index (κ1) is 14.8. The minimum atomic E-state index is -0.335. The van der Waals surface area contributed by atoms with Gasteiger partial charge in [0.15, 0.2) is 0 Å². The van der Waals surface area contributed by atoms with Crippen molar-refractivity contribution in [3.63, 3.8) is 0 Å². The van der Waals surface area contributed by atoms with Crippen LogP contribution < -0.4 is 5.32 Å². The molecule has 0 spiro atoms. The second kappa shape index (κ2) is 6.32. The van der Waals surface area contributed by atoms with E-state index in [9.17, 15) is 9.59 Å². The summed E-state index contributed by atoms with van der Waals surface area (Å²) < 4.78 is 10.8. The van der Waals surface area contributed by atoms with E-state index in [-0.39, 0.29) is 30.6 Å². The van der Waals surface area contributed by atoms with Crippen LogP contribution in [0, 0.1) is 5.92 Å². The molecule has 0 bridgehead atoms. The van der Waals surface area contributed by atoms with Gasteiger partial charge in [-0.15, -0.1) is 0 Å². The lowest BCUT2D eigenvalue weighted by molar-refractivity contribution is -0.141. The number of carbonyl (C=O) groups excluding carboxylic acids is 2. The van der Waals surface area contributed by atoms with Crippen LogP contribution in [-0.2, 0) is 19.1 Å². The highest BCUT2D eigenvalue weighted by molar-refractivity contribution is 5.81. The van der Waals surface area contributed by atoms with Crippen molar-refractivity contribution in [2.45, 2.75) is 50.4 Å². The average molecular weight is 296 g/mol. The fourth-order valence-corrected chi connectivity index (χ4v) is 3.39. The van der Waals surface area contributed by atoms with Gasteiger partial charge in [0.25, 0.3) is 0 Å². The third-order valence-electron chi connectivity index (χ3n) is 4.92. The summed E-state index contributed by atoms with van der Waals surface area (Å²) in [6.45, 7) is 1.44. The monoisotopic (exact) mass is 296 g/mol. The van der Waals surface area contributed by atoms with E-state index in [0.29, 0.717) is 18.5 Å². The number of likely N-dealkylation sites (tertiary alicyclic amines) is 1. The molecule has 2 aliphatic heterocycles. The normalized spacial score (nSPS) is 32.4. The van der Waals surface area contributed by atoms with Gasteiger partial charge in [0.2, 0.25) is 11.8 Å². The van der Waals surface area contributed by atoms with E-state index in [2.05, 4.69) is 5.32 Å². The Bertz CT molecular complexity index is 410. The molecule has 3 atom stereocenters. The molecule has 118 valence electrons. The fourth-order valence-electron chi connectivity index (χ4n) is 3.39. The van der Waals surface area contributed by atoms with Crippen molar-refractivity contribution in [1.29, 1.82) is 0 Å². The molecule has 0 aromatic carbocycles. The molecule has 2 heterocycles. The Morgan fingerprint density at radius 1 is 1.33 bits per heavy atom. The van der Waals surface area contributed by atoms with Crippen LogP contribution in [0.15, 0.2) is 0 Å². The number of carbonyl (C=O) groups is 2. The van der Waals surface area contributed by atoms with Crippen LogP contribution in [0.25, 0.3) is 0 Å². The standard InChI is InChI=1S/C15H24N2O4/c1-20-9-14(18)17-6-5-10-7-12(21-13(10)8-17)15(19)16-11-3-2-4-11/h10-13H,2-9H2,1H3,(H,16,19)/t10-,12-,13-/m0/s1. The van der Waals surface area contributed by atoms with Crippen molar-refractivity contribution in [3.8, 4) is 0 Å². The maximum absolute atomic E-state index is 12.2. The van der Waals surface area contributed by atoms with Gasteiger partial charge in [0.1, 0.15) is 12.7 Å². The highest BCUT2D eigenvalue weighted by atomic mass is 16.5. The SMILES string of the molecule is COCC(=O)N1CC[C@H]2C[C@@H](C(=O)NC3CCC3)O[C@H]2C1. The lowest BCUT2D eigenvalue weighted by Gasteiger charge is -2.33. The molecule has 3 rings (SSSR count). The number of nitrogens with zero attached hydrogens (tertiary/aromatic N) is 1. The Morgan fingerprint density at radius 3 is 2.81 bits per heavy atom. The molecule has 1 saturated carbocycles. The van der Waals surface area contributed by atoms with E-state index in [1.165, 1.54) is 13.5 Å². The minimum absolute atomic E-state index is 0.00178. The maximum Gasteiger partial charge on any atom is 0.249 e. The molecule has 1 aliphatic carbocycles. The number of nitrogens with one attached hydrogen (secondary N) is 1. The van der Waals surface area contributed by atoms with Crippen molar-refractivity contribution < 1.29 is 19.1 Å². The van der Waals surface area contributed by atoms with E-state index in [0.717, 1.165) is 32.2 Å². The Morgan fingerprint density at radius 2 is 2.14 bits per heavy atom.